The minimum Gasteiger partial charge on any atom is -0.497 e. The number of carbonyl (C=O) groups is 1. The van der Waals surface area contributed by atoms with Gasteiger partial charge in [-0.2, -0.15) is 0 Å². The summed E-state index contributed by atoms with van der Waals surface area (Å²) < 4.78 is 6.66. The van der Waals surface area contributed by atoms with Gasteiger partial charge in [0.1, 0.15) is 12.3 Å². The number of hydrogen-bond acceptors (Lipinski definition) is 5. The van der Waals surface area contributed by atoms with Crippen molar-refractivity contribution in [3.8, 4) is 5.75 Å². The standard InChI is InChI=1S/C23H26N4O4/c1-31-17-8-6-7-16(13-17)20(26-11-4-5-12-26)14-24-21(28)15-27-19-10-3-2-9-18(19)22(29)25-23(27)30/h2-3,6-10,13,20H,4-5,11-12,14-15H2,1H3,(H,24,28)(H,25,29,30). The molecular formula is C23H26N4O4. The molecule has 1 fully saturated rings. The van der Waals surface area contributed by atoms with Crippen LogP contribution in [0.1, 0.15) is 24.4 Å². The summed E-state index contributed by atoms with van der Waals surface area (Å²) in [5.74, 6) is 0.491. The molecule has 0 aliphatic carbocycles. The minimum absolute atomic E-state index is 0.0191. The van der Waals surface area contributed by atoms with Crippen molar-refractivity contribution in [2.45, 2.75) is 25.4 Å². The molecule has 8 heteroatoms. The summed E-state index contributed by atoms with van der Waals surface area (Å²) in [6.45, 7) is 2.20. The molecule has 1 saturated heterocycles. The molecule has 0 radical (unpaired) electrons. The first-order valence-corrected chi connectivity index (χ1v) is 10.4. The van der Waals surface area contributed by atoms with E-state index in [1.54, 1.807) is 31.4 Å². The lowest BCUT2D eigenvalue weighted by molar-refractivity contribution is -0.121. The van der Waals surface area contributed by atoms with Crippen LogP contribution in [0.2, 0.25) is 0 Å². The Bertz CT molecular complexity index is 1190. The van der Waals surface area contributed by atoms with E-state index >= 15 is 0 Å². The Morgan fingerprint density at radius 3 is 2.68 bits per heavy atom. The van der Waals surface area contributed by atoms with Crippen LogP contribution in [0, 0.1) is 0 Å². The monoisotopic (exact) mass is 422 g/mol. The average Bonchev–Trinajstić information content (AvgIpc) is 3.31. The topological polar surface area (TPSA) is 96.4 Å². The summed E-state index contributed by atoms with van der Waals surface area (Å²) in [5, 5.41) is 3.35. The SMILES string of the molecule is COc1cccc(C(CNC(=O)Cn2c(=O)[nH]c(=O)c3ccccc32)N2CCCC2)c1. The Balaban J connectivity index is 1.53. The molecule has 0 bridgehead atoms. The van der Waals surface area contributed by atoms with Crippen molar-refractivity contribution in [1.29, 1.82) is 0 Å². The van der Waals surface area contributed by atoms with Crippen LogP contribution in [0.4, 0.5) is 0 Å². The van der Waals surface area contributed by atoms with Crippen LogP contribution < -0.4 is 21.3 Å². The predicted molar refractivity (Wildman–Crippen MR) is 118 cm³/mol. The van der Waals surface area contributed by atoms with Gasteiger partial charge in [-0.3, -0.25) is 24.0 Å². The van der Waals surface area contributed by atoms with Crippen molar-refractivity contribution < 1.29 is 9.53 Å². The second-order valence-electron chi connectivity index (χ2n) is 7.70. The summed E-state index contributed by atoms with van der Waals surface area (Å²) in [5.41, 5.74) is 0.468. The van der Waals surface area contributed by atoms with E-state index < -0.39 is 11.2 Å². The molecule has 31 heavy (non-hydrogen) atoms. The number of aromatic nitrogens is 2. The van der Waals surface area contributed by atoms with Crippen LogP contribution in [0.3, 0.4) is 0 Å². The van der Waals surface area contributed by atoms with Gasteiger partial charge in [-0.1, -0.05) is 24.3 Å². The van der Waals surface area contributed by atoms with Gasteiger partial charge in [0, 0.05) is 6.54 Å². The largest absolute Gasteiger partial charge is 0.497 e. The van der Waals surface area contributed by atoms with Gasteiger partial charge in [0.15, 0.2) is 0 Å². The number of hydrogen-bond donors (Lipinski definition) is 2. The van der Waals surface area contributed by atoms with E-state index in [2.05, 4.69) is 15.2 Å². The van der Waals surface area contributed by atoms with Gasteiger partial charge in [-0.15, -0.1) is 0 Å². The third-order valence-electron chi connectivity index (χ3n) is 5.76. The van der Waals surface area contributed by atoms with Gasteiger partial charge in [0.05, 0.1) is 24.1 Å². The summed E-state index contributed by atoms with van der Waals surface area (Å²) in [6.07, 6.45) is 2.26. The maximum atomic E-state index is 12.8. The first-order valence-electron chi connectivity index (χ1n) is 10.4. The minimum atomic E-state index is -0.595. The number of likely N-dealkylation sites (tertiary alicyclic amines) is 1. The maximum absolute atomic E-state index is 12.8. The number of benzene rings is 2. The van der Waals surface area contributed by atoms with E-state index in [4.69, 9.17) is 4.74 Å². The number of para-hydroxylation sites is 1. The van der Waals surface area contributed by atoms with Crippen molar-refractivity contribution in [2.24, 2.45) is 0 Å². The molecule has 2 aromatic carbocycles. The molecular weight excluding hydrogens is 396 g/mol. The Hall–Kier alpha value is -3.39. The Kier molecular flexibility index (Phi) is 6.18. The van der Waals surface area contributed by atoms with Crippen molar-refractivity contribution >= 4 is 16.8 Å². The maximum Gasteiger partial charge on any atom is 0.329 e. The van der Waals surface area contributed by atoms with Crippen LogP contribution >= 0.6 is 0 Å². The molecule has 3 aromatic rings. The number of carbonyl (C=O) groups excluding carboxylic acids is 1. The molecule has 1 aliphatic heterocycles. The van der Waals surface area contributed by atoms with E-state index in [1.807, 2.05) is 24.3 Å². The number of rotatable bonds is 7. The first kappa shape index (κ1) is 20.9. The Morgan fingerprint density at radius 1 is 1.13 bits per heavy atom. The van der Waals surface area contributed by atoms with Crippen LogP contribution in [0.25, 0.3) is 10.9 Å². The zero-order valence-electron chi connectivity index (χ0n) is 17.5. The summed E-state index contributed by atoms with van der Waals surface area (Å²) >= 11 is 0. The molecule has 0 saturated carbocycles. The fraction of sp³-hybridized carbons (Fsp3) is 0.348. The van der Waals surface area contributed by atoms with E-state index in [0.717, 1.165) is 37.2 Å². The molecule has 0 spiro atoms. The van der Waals surface area contributed by atoms with Gasteiger partial charge >= 0.3 is 5.69 Å². The quantitative estimate of drug-likeness (QED) is 0.604. The van der Waals surface area contributed by atoms with Gasteiger partial charge < -0.3 is 10.1 Å². The number of ether oxygens (including phenoxy) is 1. The van der Waals surface area contributed by atoms with Gasteiger partial charge in [-0.05, 0) is 55.8 Å². The second kappa shape index (κ2) is 9.18. The second-order valence-corrected chi connectivity index (χ2v) is 7.70. The van der Waals surface area contributed by atoms with E-state index in [-0.39, 0.29) is 18.5 Å². The number of fused-ring (bicyclic) bond motifs is 1. The normalized spacial score (nSPS) is 15.1. The van der Waals surface area contributed by atoms with Crippen molar-refractivity contribution in [1.82, 2.24) is 19.8 Å². The summed E-state index contributed by atoms with van der Waals surface area (Å²) in [4.78, 5) is 41.8. The number of methoxy groups -OCH3 is 1. The van der Waals surface area contributed by atoms with Crippen molar-refractivity contribution in [3.05, 3.63) is 74.9 Å². The third kappa shape index (κ3) is 4.54. The fourth-order valence-electron chi connectivity index (χ4n) is 4.17. The molecule has 4 rings (SSSR count). The number of nitrogens with one attached hydrogen (secondary N) is 2. The predicted octanol–water partition coefficient (Wildman–Crippen LogP) is 1.65. The summed E-state index contributed by atoms with van der Waals surface area (Å²) in [6, 6.07) is 14.7. The lowest BCUT2D eigenvalue weighted by atomic mass is 10.0. The molecule has 1 amide bonds. The molecule has 8 nitrogen and oxygen atoms in total. The number of amides is 1. The molecule has 1 unspecified atom stereocenters. The fourth-order valence-corrected chi connectivity index (χ4v) is 4.17. The van der Waals surface area contributed by atoms with Gasteiger partial charge in [0.25, 0.3) is 5.56 Å². The molecule has 2 N–H and O–H groups in total. The first-order chi connectivity index (χ1) is 15.1. The molecule has 162 valence electrons. The smallest absolute Gasteiger partial charge is 0.329 e. The summed E-state index contributed by atoms with van der Waals surface area (Å²) in [7, 11) is 1.64. The molecule has 1 atom stereocenters. The zero-order valence-corrected chi connectivity index (χ0v) is 17.5. The highest BCUT2D eigenvalue weighted by Gasteiger charge is 2.24. The molecule has 2 heterocycles. The third-order valence-corrected chi connectivity index (χ3v) is 5.76. The molecule has 1 aliphatic rings. The molecule has 1 aromatic heterocycles. The lowest BCUT2D eigenvalue weighted by Crippen LogP contribution is -2.40. The van der Waals surface area contributed by atoms with E-state index in [1.165, 1.54) is 4.57 Å². The van der Waals surface area contributed by atoms with Crippen LogP contribution in [-0.4, -0.2) is 47.1 Å². The highest BCUT2D eigenvalue weighted by molar-refractivity contribution is 5.81. The lowest BCUT2D eigenvalue weighted by Gasteiger charge is -2.28. The van der Waals surface area contributed by atoms with E-state index in [9.17, 15) is 14.4 Å². The Morgan fingerprint density at radius 2 is 1.90 bits per heavy atom. The van der Waals surface area contributed by atoms with Crippen LogP contribution in [-0.2, 0) is 11.3 Å². The highest BCUT2D eigenvalue weighted by atomic mass is 16.5. The average molecular weight is 422 g/mol. The van der Waals surface area contributed by atoms with Crippen LogP contribution in [0.5, 0.6) is 5.75 Å². The van der Waals surface area contributed by atoms with Crippen molar-refractivity contribution in [2.75, 3.05) is 26.7 Å². The number of nitrogens with zero attached hydrogens (tertiary/aromatic N) is 2. The van der Waals surface area contributed by atoms with Crippen molar-refractivity contribution in [3.63, 3.8) is 0 Å². The van der Waals surface area contributed by atoms with Gasteiger partial charge in [-0.25, -0.2) is 4.79 Å². The van der Waals surface area contributed by atoms with E-state index in [0.29, 0.717) is 17.4 Å². The van der Waals surface area contributed by atoms with Crippen LogP contribution in [0.15, 0.2) is 58.1 Å². The number of H-pyrrole nitrogens is 1. The zero-order chi connectivity index (χ0) is 21.8. The number of aromatic amines is 1. The Labute approximate surface area is 179 Å². The highest BCUT2D eigenvalue weighted by Crippen LogP contribution is 2.27. The van der Waals surface area contributed by atoms with Gasteiger partial charge in [0.2, 0.25) is 5.91 Å².